The van der Waals surface area contributed by atoms with E-state index >= 15 is 0 Å². The topological polar surface area (TPSA) is 42.1 Å². The monoisotopic (exact) mass is 697 g/mol. The third-order valence-electron chi connectivity index (χ3n) is 7.26. The predicted molar refractivity (Wildman–Crippen MR) is 174 cm³/mol. The molecule has 0 fully saturated rings. The van der Waals surface area contributed by atoms with Crippen molar-refractivity contribution in [2.45, 2.75) is 19.8 Å². The number of rotatable bonds is 9. The first-order valence-electron chi connectivity index (χ1n) is 12.8. The number of esters is 1. The van der Waals surface area contributed by atoms with E-state index in [-0.39, 0.29) is 5.97 Å². The van der Waals surface area contributed by atoms with Gasteiger partial charge in [-0.05, 0) is 0 Å². The van der Waals surface area contributed by atoms with Gasteiger partial charge in [0.15, 0.2) is 0 Å². The molecule has 0 unspecified atom stereocenters. The van der Waals surface area contributed by atoms with Crippen molar-refractivity contribution in [3.05, 3.63) is 125 Å². The van der Waals surface area contributed by atoms with Crippen molar-refractivity contribution in [2.75, 3.05) is 12.8 Å². The molecule has 0 spiro atoms. The molecule has 0 atom stereocenters. The molecule has 5 rings (SSSR count). The van der Waals surface area contributed by atoms with Crippen LogP contribution >= 0.6 is 42.2 Å². The zero-order chi connectivity index (χ0) is 26.6. The van der Waals surface area contributed by atoms with Crippen LogP contribution in [0.4, 0.5) is 0 Å². The van der Waals surface area contributed by atoms with Crippen LogP contribution in [0.25, 0.3) is 10.9 Å². The van der Waals surface area contributed by atoms with Crippen molar-refractivity contribution >= 4 is 75.0 Å². The molecule has 1 aromatic heterocycles. The number of ether oxygens (including phenoxy) is 1. The van der Waals surface area contributed by atoms with Gasteiger partial charge in [0.25, 0.3) is 0 Å². The van der Waals surface area contributed by atoms with Crippen LogP contribution in [0, 0.1) is 0 Å². The van der Waals surface area contributed by atoms with E-state index in [4.69, 9.17) is 4.74 Å². The molecule has 5 aromatic rings. The van der Waals surface area contributed by atoms with Crippen LogP contribution in [0.1, 0.15) is 29.4 Å². The average molecular weight is 698 g/mol. The molecule has 0 aliphatic rings. The van der Waals surface area contributed by atoms with Crippen LogP contribution in [0.15, 0.2) is 114 Å². The molecule has 0 amide bonds. The first-order chi connectivity index (χ1) is 18.5. The zero-order valence-electron chi connectivity index (χ0n) is 21.2. The summed E-state index contributed by atoms with van der Waals surface area (Å²) in [6.07, 6.45) is 2.64. The van der Waals surface area contributed by atoms with E-state index in [1.807, 2.05) is 19.1 Å². The Hall–Kier alpha value is -2.47. The number of hydrogen-bond donors (Lipinski definition) is 1. The summed E-state index contributed by atoms with van der Waals surface area (Å²) < 4.78 is 3.50. The predicted octanol–water partition coefficient (Wildman–Crippen LogP) is 7.92. The second kappa shape index (κ2) is 11.3. The fourth-order valence-electron chi connectivity index (χ4n) is 5.48. The molecule has 0 saturated heterocycles. The van der Waals surface area contributed by atoms with Gasteiger partial charge >= 0.3 is 247 Å². The van der Waals surface area contributed by atoms with Crippen LogP contribution in [0.5, 0.6) is 0 Å². The van der Waals surface area contributed by atoms with Crippen molar-refractivity contribution < 1.29 is 9.53 Å². The minimum atomic E-state index is -2.88. The van der Waals surface area contributed by atoms with E-state index in [1.54, 1.807) is 0 Å². The molecule has 1 N–H and O–H groups in total. The van der Waals surface area contributed by atoms with Gasteiger partial charge in [-0.15, -0.1) is 0 Å². The molecular formula is C32H30BrINO2P. The molecule has 4 aromatic carbocycles. The Morgan fingerprint density at radius 3 is 1.84 bits per heavy atom. The Kier molecular flexibility index (Phi) is 8.08. The molecule has 0 aliphatic heterocycles. The van der Waals surface area contributed by atoms with Gasteiger partial charge in [0.1, 0.15) is 0 Å². The Bertz CT molecular complexity index is 1460. The summed E-state index contributed by atoms with van der Waals surface area (Å²) >= 11 is 6.48. The number of carbonyl (C=O) groups excluding carboxylic acids is 1. The summed E-state index contributed by atoms with van der Waals surface area (Å²) in [5, 5.41) is 5.16. The van der Waals surface area contributed by atoms with Gasteiger partial charge in [-0.3, -0.25) is 0 Å². The fraction of sp³-hybridized carbons (Fsp3) is 0.156. The standard InChI is InChI=1S/C32H30BrINO2P/c1-2-37-32(36)31-28(27-20-12-22-29(33)30(27)35-31)21-13-23-38(34,24-14-6-3-7-15-24,25-16-8-4-9-17-25)26-18-10-5-11-19-26/h3-12,14-20,22,35H,2,13,21,23H2,1H3. The molecule has 0 aliphatic carbocycles. The Morgan fingerprint density at radius 2 is 1.34 bits per heavy atom. The molecule has 194 valence electrons. The van der Waals surface area contributed by atoms with E-state index in [9.17, 15) is 4.79 Å². The van der Waals surface area contributed by atoms with E-state index in [1.165, 1.54) is 15.9 Å². The van der Waals surface area contributed by atoms with Crippen molar-refractivity contribution in [1.29, 1.82) is 0 Å². The number of halogens is 2. The summed E-state index contributed by atoms with van der Waals surface area (Å²) in [7, 11) is 0. The molecule has 38 heavy (non-hydrogen) atoms. The molecule has 0 bridgehead atoms. The van der Waals surface area contributed by atoms with Gasteiger partial charge in [0.05, 0.1) is 0 Å². The third kappa shape index (κ3) is 4.74. The second-order valence-electron chi connectivity index (χ2n) is 9.38. The summed E-state index contributed by atoms with van der Waals surface area (Å²) in [6, 6.07) is 39.0. The number of hydrogen-bond acceptors (Lipinski definition) is 2. The van der Waals surface area contributed by atoms with Gasteiger partial charge in [0, 0.05) is 0 Å². The third-order valence-corrected chi connectivity index (χ3v) is 19.7. The summed E-state index contributed by atoms with van der Waals surface area (Å²) in [4.78, 5) is 16.3. The minimum absolute atomic E-state index is 0.299. The van der Waals surface area contributed by atoms with E-state index in [2.05, 4.69) is 140 Å². The van der Waals surface area contributed by atoms with Crippen molar-refractivity contribution in [2.24, 2.45) is 0 Å². The Labute approximate surface area is 245 Å². The quantitative estimate of drug-likeness (QED) is 0.0967. The van der Waals surface area contributed by atoms with Crippen molar-refractivity contribution in [1.82, 2.24) is 4.98 Å². The van der Waals surface area contributed by atoms with Gasteiger partial charge in [-0.25, -0.2) is 0 Å². The summed E-state index contributed by atoms with van der Waals surface area (Å²) in [6.45, 7) is 2.18. The summed E-state index contributed by atoms with van der Waals surface area (Å²) in [5.74, 6) is -0.299. The number of aromatic amines is 1. The number of carbonyl (C=O) groups is 1. The zero-order valence-corrected chi connectivity index (χ0v) is 25.9. The van der Waals surface area contributed by atoms with Crippen LogP contribution < -0.4 is 15.9 Å². The van der Waals surface area contributed by atoms with Gasteiger partial charge in [-0.1, -0.05) is 0 Å². The van der Waals surface area contributed by atoms with Crippen LogP contribution in [0.2, 0.25) is 0 Å². The number of nitrogens with one attached hydrogen (secondary N) is 1. The number of fused-ring (bicyclic) bond motifs is 1. The number of aryl methyl sites for hydroxylation is 1. The number of aromatic nitrogens is 1. The summed E-state index contributed by atoms with van der Waals surface area (Å²) in [5.41, 5.74) is 2.52. The first kappa shape index (κ1) is 27.1. The van der Waals surface area contributed by atoms with Crippen LogP contribution in [0.3, 0.4) is 0 Å². The average Bonchev–Trinajstić information content (AvgIpc) is 3.34. The van der Waals surface area contributed by atoms with E-state index in [0.717, 1.165) is 39.9 Å². The number of H-pyrrole nitrogens is 1. The number of para-hydroxylation sites is 1. The van der Waals surface area contributed by atoms with E-state index < -0.39 is 4.25 Å². The molecule has 3 nitrogen and oxygen atoms in total. The molecule has 1 heterocycles. The van der Waals surface area contributed by atoms with Crippen molar-refractivity contribution in [3.63, 3.8) is 0 Å². The van der Waals surface area contributed by atoms with Gasteiger partial charge in [0.2, 0.25) is 0 Å². The molecule has 6 heteroatoms. The fourth-order valence-corrected chi connectivity index (χ4v) is 14.7. The SMILES string of the molecule is CCOC(=O)c1[nH]c2c(Br)cccc2c1CCCP(I)(c1ccccc1)(c1ccccc1)c1ccccc1. The normalized spacial score (nSPS) is 12.7. The maximum absolute atomic E-state index is 13.0. The van der Waals surface area contributed by atoms with Gasteiger partial charge < -0.3 is 0 Å². The van der Waals surface area contributed by atoms with Crippen LogP contribution in [-0.4, -0.2) is 23.7 Å². The second-order valence-corrected chi connectivity index (χ2v) is 21.0. The Balaban J connectivity index is 1.63. The molecule has 0 saturated carbocycles. The maximum atomic E-state index is 13.0. The van der Waals surface area contributed by atoms with Crippen molar-refractivity contribution in [3.8, 4) is 0 Å². The van der Waals surface area contributed by atoms with Crippen LogP contribution in [-0.2, 0) is 11.2 Å². The molecule has 0 radical (unpaired) electrons. The number of benzene rings is 4. The van der Waals surface area contributed by atoms with E-state index in [0.29, 0.717) is 12.3 Å². The molecular weight excluding hydrogens is 668 g/mol. The Morgan fingerprint density at radius 1 is 0.816 bits per heavy atom. The first-order valence-corrected chi connectivity index (χ1v) is 18.8. The van der Waals surface area contributed by atoms with Gasteiger partial charge in [-0.2, -0.15) is 0 Å².